The lowest BCUT2D eigenvalue weighted by Gasteiger charge is -2.23. The van der Waals surface area contributed by atoms with Gasteiger partial charge in [0.15, 0.2) is 0 Å². The molecule has 0 amide bonds. The standard InChI is InChI=1S/C12H20O3/c1-3-4-8(2)12-9(7-11(14)15)5-6-10(12)13/h8-9,12H,3-7H2,1-2H3,(H,14,15). The molecule has 15 heavy (non-hydrogen) atoms. The molecular formula is C12H20O3. The van der Waals surface area contributed by atoms with Crippen LogP contribution in [0, 0.1) is 17.8 Å². The van der Waals surface area contributed by atoms with Crippen LogP contribution in [-0.2, 0) is 9.59 Å². The molecule has 86 valence electrons. The topological polar surface area (TPSA) is 54.4 Å². The van der Waals surface area contributed by atoms with Crippen molar-refractivity contribution in [3.05, 3.63) is 0 Å². The average Bonchev–Trinajstić information content (AvgIpc) is 2.46. The van der Waals surface area contributed by atoms with E-state index in [0.29, 0.717) is 12.3 Å². The Morgan fingerprint density at radius 1 is 1.60 bits per heavy atom. The van der Waals surface area contributed by atoms with E-state index in [1.54, 1.807) is 0 Å². The summed E-state index contributed by atoms with van der Waals surface area (Å²) < 4.78 is 0. The van der Waals surface area contributed by atoms with E-state index >= 15 is 0 Å². The number of rotatable bonds is 5. The molecule has 1 fully saturated rings. The highest BCUT2D eigenvalue weighted by molar-refractivity contribution is 5.84. The molecule has 1 aliphatic carbocycles. The highest BCUT2D eigenvalue weighted by Crippen LogP contribution is 2.38. The predicted octanol–water partition coefficient (Wildman–Crippen LogP) is 2.49. The lowest BCUT2D eigenvalue weighted by atomic mass is 9.80. The minimum Gasteiger partial charge on any atom is -0.481 e. The lowest BCUT2D eigenvalue weighted by Crippen LogP contribution is -2.24. The molecule has 0 bridgehead atoms. The Morgan fingerprint density at radius 3 is 2.80 bits per heavy atom. The van der Waals surface area contributed by atoms with Crippen LogP contribution >= 0.6 is 0 Å². The van der Waals surface area contributed by atoms with Crippen molar-refractivity contribution in [3.63, 3.8) is 0 Å². The molecule has 1 saturated carbocycles. The highest BCUT2D eigenvalue weighted by Gasteiger charge is 2.38. The summed E-state index contributed by atoms with van der Waals surface area (Å²) in [6.45, 7) is 4.17. The van der Waals surface area contributed by atoms with Gasteiger partial charge in [-0.25, -0.2) is 0 Å². The van der Waals surface area contributed by atoms with E-state index in [0.717, 1.165) is 19.3 Å². The van der Waals surface area contributed by atoms with Gasteiger partial charge < -0.3 is 5.11 Å². The first kappa shape index (κ1) is 12.2. The number of hydrogen-bond donors (Lipinski definition) is 1. The Morgan fingerprint density at radius 2 is 2.27 bits per heavy atom. The van der Waals surface area contributed by atoms with E-state index in [1.165, 1.54) is 0 Å². The Kier molecular flexibility index (Phi) is 4.30. The van der Waals surface area contributed by atoms with Crippen LogP contribution in [0.25, 0.3) is 0 Å². The number of ketones is 1. The predicted molar refractivity (Wildman–Crippen MR) is 57.5 cm³/mol. The Balaban J connectivity index is 2.63. The first-order valence-electron chi connectivity index (χ1n) is 5.80. The number of Topliss-reactive ketones (excluding diaryl/α,β-unsaturated/α-hetero) is 1. The van der Waals surface area contributed by atoms with Gasteiger partial charge in [-0.05, 0) is 18.3 Å². The van der Waals surface area contributed by atoms with E-state index in [4.69, 9.17) is 5.11 Å². The van der Waals surface area contributed by atoms with Crippen LogP contribution in [-0.4, -0.2) is 16.9 Å². The second-order valence-electron chi connectivity index (χ2n) is 4.65. The summed E-state index contributed by atoms with van der Waals surface area (Å²) in [5, 5.41) is 8.78. The summed E-state index contributed by atoms with van der Waals surface area (Å²) in [4.78, 5) is 22.4. The Bertz CT molecular complexity index is 247. The smallest absolute Gasteiger partial charge is 0.303 e. The third kappa shape index (κ3) is 3.05. The SMILES string of the molecule is CCCC(C)C1C(=O)CCC1CC(=O)O. The van der Waals surface area contributed by atoms with Crippen molar-refractivity contribution in [1.29, 1.82) is 0 Å². The van der Waals surface area contributed by atoms with E-state index in [9.17, 15) is 9.59 Å². The maximum absolute atomic E-state index is 11.7. The molecule has 3 nitrogen and oxygen atoms in total. The first-order chi connectivity index (χ1) is 7.06. The molecule has 0 radical (unpaired) electrons. The summed E-state index contributed by atoms with van der Waals surface area (Å²) in [5.74, 6) is -0.0717. The molecule has 0 aromatic rings. The van der Waals surface area contributed by atoms with Crippen LogP contribution in [0.2, 0.25) is 0 Å². The van der Waals surface area contributed by atoms with Gasteiger partial charge in [0.2, 0.25) is 0 Å². The lowest BCUT2D eigenvalue weighted by molar-refractivity contribution is -0.138. The molecule has 0 aromatic heterocycles. The van der Waals surface area contributed by atoms with Crippen molar-refractivity contribution >= 4 is 11.8 Å². The second kappa shape index (κ2) is 5.29. The van der Waals surface area contributed by atoms with Crippen molar-refractivity contribution in [2.75, 3.05) is 0 Å². The minimum atomic E-state index is -0.775. The molecular weight excluding hydrogens is 192 g/mol. The number of carboxylic acids is 1. The molecule has 0 heterocycles. The van der Waals surface area contributed by atoms with Crippen LogP contribution in [0.1, 0.15) is 46.0 Å². The largest absolute Gasteiger partial charge is 0.481 e. The van der Waals surface area contributed by atoms with Crippen LogP contribution < -0.4 is 0 Å². The minimum absolute atomic E-state index is 0.000972. The molecule has 1 N–H and O–H groups in total. The van der Waals surface area contributed by atoms with Crippen LogP contribution in [0.3, 0.4) is 0 Å². The van der Waals surface area contributed by atoms with Crippen molar-refractivity contribution in [1.82, 2.24) is 0 Å². The Labute approximate surface area is 90.9 Å². The van der Waals surface area contributed by atoms with Gasteiger partial charge in [0, 0.05) is 18.8 Å². The van der Waals surface area contributed by atoms with Crippen LogP contribution in [0.5, 0.6) is 0 Å². The number of carbonyl (C=O) groups excluding carboxylic acids is 1. The fraction of sp³-hybridized carbons (Fsp3) is 0.833. The van der Waals surface area contributed by atoms with Gasteiger partial charge in [-0.2, -0.15) is 0 Å². The van der Waals surface area contributed by atoms with Crippen LogP contribution in [0.4, 0.5) is 0 Å². The normalized spacial score (nSPS) is 28.0. The van der Waals surface area contributed by atoms with E-state index in [-0.39, 0.29) is 24.0 Å². The van der Waals surface area contributed by atoms with Crippen molar-refractivity contribution in [2.45, 2.75) is 46.0 Å². The number of carbonyl (C=O) groups is 2. The second-order valence-corrected chi connectivity index (χ2v) is 4.65. The summed E-state index contributed by atoms with van der Waals surface area (Å²) in [6, 6.07) is 0. The molecule has 3 unspecified atom stereocenters. The summed E-state index contributed by atoms with van der Waals surface area (Å²) in [7, 11) is 0. The van der Waals surface area contributed by atoms with Gasteiger partial charge in [-0.15, -0.1) is 0 Å². The zero-order valence-corrected chi connectivity index (χ0v) is 9.53. The van der Waals surface area contributed by atoms with Crippen LogP contribution in [0.15, 0.2) is 0 Å². The Hall–Kier alpha value is -0.860. The molecule has 1 aliphatic rings. The monoisotopic (exact) mass is 212 g/mol. The quantitative estimate of drug-likeness (QED) is 0.761. The van der Waals surface area contributed by atoms with Gasteiger partial charge in [0.1, 0.15) is 5.78 Å². The molecule has 0 aromatic carbocycles. The van der Waals surface area contributed by atoms with Gasteiger partial charge in [-0.1, -0.05) is 26.7 Å². The molecule has 1 rings (SSSR count). The van der Waals surface area contributed by atoms with Gasteiger partial charge >= 0.3 is 5.97 Å². The summed E-state index contributed by atoms with van der Waals surface area (Å²) in [5.41, 5.74) is 0. The number of carboxylic acid groups (broad SMARTS) is 1. The van der Waals surface area contributed by atoms with Gasteiger partial charge in [0.25, 0.3) is 0 Å². The summed E-state index contributed by atoms with van der Waals surface area (Å²) >= 11 is 0. The first-order valence-corrected chi connectivity index (χ1v) is 5.80. The molecule has 3 heteroatoms. The molecule has 3 atom stereocenters. The maximum atomic E-state index is 11.7. The molecule has 0 aliphatic heterocycles. The fourth-order valence-corrected chi connectivity index (χ4v) is 2.81. The third-order valence-corrected chi connectivity index (χ3v) is 3.44. The van der Waals surface area contributed by atoms with Crippen molar-refractivity contribution < 1.29 is 14.7 Å². The number of aliphatic carboxylic acids is 1. The molecule has 0 saturated heterocycles. The highest BCUT2D eigenvalue weighted by atomic mass is 16.4. The number of hydrogen-bond acceptors (Lipinski definition) is 2. The fourth-order valence-electron chi connectivity index (χ4n) is 2.81. The third-order valence-electron chi connectivity index (χ3n) is 3.44. The molecule has 0 spiro atoms. The zero-order chi connectivity index (χ0) is 11.4. The van der Waals surface area contributed by atoms with Gasteiger partial charge in [0.05, 0.1) is 0 Å². The zero-order valence-electron chi connectivity index (χ0n) is 9.53. The van der Waals surface area contributed by atoms with Crippen molar-refractivity contribution in [2.24, 2.45) is 17.8 Å². The average molecular weight is 212 g/mol. The van der Waals surface area contributed by atoms with Crippen molar-refractivity contribution in [3.8, 4) is 0 Å². The maximum Gasteiger partial charge on any atom is 0.303 e. The van der Waals surface area contributed by atoms with E-state index in [2.05, 4.69) is 13.8 Å². The summed E-state index contributed by atoms with van der Waals surface area (Å²) in [6.07, 6.45) is 3.59. The van der Waals surface area contributed by atoms with E-state index < -0.39 is 5.97 Å². The van der Waals surface area contributed by atoms with E-state index in [1.807, 2.05) is 0 Å². The van der Waals surface area contributed by atoms with Gasteiger partial charge in [-0.3, -0.25) is 9.59 Å².